The van der Waals surface area contributed by atoms with E-state index in [9.17, 15) is 9.90 Å². The number of piperidine rings is 1. The van der Waals surface area contributed by atoms with Crippen LogP contribution in [0.15, 0.2) is 22.7 Å². The highest BCUT2D eigenvalue weighted by Gasteiger charge is 2.36. The van der Waals surface area contributed by atoms with Gasteiger partial charge in [0.15, 0.2) is 0 Å². The average Bonchev–Trinajstić information content (AvgIpc) is 2.37. The molecule has 0 aliphatic carbocycles. The molecule has 1 aromatic rings. The van der Waals surface area contributed by atoms with Crippen molar-refractivity contribution in [1.29, 1.82) is 0 Å². The Morgan fingerprint density at radius 1 is 1.47 bits per heavy atom. The van der Waals surface area contributed by atoms with Crippen LogP contribution in [-0.2, 0) is 11.3 Å². The molecule has 0 atom stereocenters. The number of benzene rings is 1. The van der Waals surface area contributed by atoms with Crippen LogP contribution in [0.3, 0.4) is 0 Å². The summed E-state index contributed by atoms with van der Waals surface area (Å²) in [5, 5.41) is 9.91. The third-order valence-corrected chi connectivity index (χ3v) is 5.10. The molecule has 2 rings (SSSR count). The van der Waals surface area contributed by atoms with Gasteiger partial charge in [-0.2, -0.15) is 0 Å². The molecule has 0 spiro atoms. The lowest BCUT2D eigenvalue weighted by molar-refractivity contribution is -0.150. The summed E-state index contributed by atoms with van der Waals surface area (Å²) in [6.45, 7) is 4.29. The summed E-state index contributed by atoms with van der Waals surface area (Å²) in [6, 6.07) is 5.95. The predicted octanol–water partition coefficient (Wildman–Crippen LogP) is 3.79. The number of halogens is 2. The topological polar surface area (TPSA) is 40.5 Å². The van der Waals surface area contributed by atoms with E-state index in [1.807, 2.05) is 25.1 Å². The van der Waals surface area contributed by atoms with E-state index in [4.69, 9.17) is 11.6 Å². The third-order valence-electron chi connectivity index (χ3n) is 3.87. The number of carboxylic acid groups (broad SMARTS) is 1. The minimum Gasteiger partial charge on any atom is -0.481 e. The molecule has 0 aromatic heterocycles. The first kappa shape index (κ1) is 14.8. The zero-order valence-electron chi connectivity index (χ0n) is 10.8. The highest BCUT2D eigenvalue weighted by molar-refractivity contribution is 9.10. The van der Waals surface area contributed by atoms with E-state index in [1.165, 1.54) is 0 Å². The van der Waals surface area contributed by atoms with Gasteiger partial charge in [0.1, 0.15) is 0 Å². The van der Waals surface area contributed by atoms with Gasteiger partial charge in [-0.3, -0.25) is 9.69 Å². The summed E-state index contributed by atoms with van der Waals surface area (Å²) in [6.07, 6.45) is 1.40. The molecule has 1 aromatic carbocycles. The van der Waals surface area contributed by atoms with E-state index in [0.717, 1.165) is 29.7 Å². The maximum atomic E-state index is 11.2. The quantitative estimate of drug-likeness (QED) is 0.905. The van der Waals surface area contributed by atoms with Crippen LogP contribution in [0.25, 0.3) is 0 Å². The van der Waals surface area contributed by atoms with Gasteiger partial charge in [0.2, 0.25) is 0 Å². The van der Waals surface area contributed by atoms with E-state index in [0.29, 0.717) is 17.9 Å². The first-order chi connectivity index (χ1) is 8.90. The lowest BCUT2D eigenvalue weighted by Crippen LogP contribution is -2.42. The Hall–Kier alpha value is -0.580. The van der Waals surface area contributed by atoms with Gasteiger partial charge in [-0.1, -0.05) is 17.7 Å². The summed E-state index contributed by atoms with van der Waals surface area (Å²) in [7, 11) is 0. The van der Waals surface area contributed by atoms with Crippen molar-refractivity contribution in [2.45, 2.75) is 26.3 Å². The fourth-order valence-corrected chi connectivity index (χ4v) is 2.76. The van der Waals surface area contributed by atoms with Crippen LogP contribution >= 0.6 is 27.5 Å². The molecule has 1 aliphatic rings. The van der Waals surface area contributed by atoms with Gasteiger partial charge < -0.3 is 5.11 Å². The molecule has 19 heavy (non-hydrogen) atoms. The second-order valence-electron chi connectivity index (χ2n) is 5.39. The monoisotopic (exact) mass is 345 g/mol. The number of aliphatic carboxylic acids is 1. The van der Waals surface area contributed by atoms with Gasteiger partial charge >= 0.3 is 5.97 Å². The van der Waals surface area contributed by atoms with Gasteiger partial charge in [-0.05, 0) is 66.5 Å². The number of nitrogens with zero attached hydrogens (tertiary/aromatic N) is 1. The van der Waals surface area contributed by atoms with Crippen molar-refractivity contribution in [2.75, 3.05) is 13.1 Å². The molecule has 1 saturated heterocycles. The smallest absolute Gasteiger partial charge is 0.309 e. The molecule has 0 saturated carbocycles. The molecule has 1 N–H and O–H groups in total. The van der Waals surface area contributed by atoms with Crippen molar-refractivity contribution >= 4 is 33.5 Å². The van der Waals surface area contributed by atoms with Crippen molar-refractivity contribution in [3.63, 3.8) is 0 Å². The average molecular weight is 347 g/mol. The number of rotatable bonds is 3. The van der Waals surface area contributed by atoms with Crippen LogP contribution in [0.1, 0.15) is 25.3 Å². The first-order valence-electron chi connectivity index (χ1n) is 6.30. The SMILES string of the molecule is CC1(C(=O)O)CCN(Cc2ccc(Br)c(Cl)c2)CC1. The summed E-state index contributed by atoms with van der Waals surface area (Å²) in [5.41, 5.74) is 0.598. The number of carbonyl (C=O) groups is 1. The molecule has 3 nitrogen and oxygen atoms in total. The van der Waals surface area contributed by atoms with Crippen molar-refractivity contribution in [3.05, 3.63) is 33.3 Å². The molecule has 1 heterocycles. The number of hydrogen-bond donors (Lipinski definition) is 1. The van der Waals surface area contributed by atoms with Gasteiger partial charge in [0.25, 0.3) is 0 Å². The van der Waals surface area contributed by atoms with Gasteiger partial charge in [0, 0.05) is 11.0 Å². The minimum absolute atomic E-state index is 0.562. The van der Waals surface area contributed by atoms with Crippen LogP contribution in [0.4, 0.5) is 0 Å². The van der Waals surface area contributed by atoms with E-state index < -0.39 is 11.4 Å². The third kappa shape index (κ3) is 3.50. The fraction of sp³-hybridized carbons (Fsp3) is 0.500. The molecule has 0 unspecified atom stereocenters. The summed E-state index contributed by atoms with van der Waals surface area (Å²) in [4.78, 5) is 13.5. The van der Waals surface area contributed by atoms with E-state index in [1.54, 1.807) is 0 Å². The van der Waals surface area contributed by atoms with E-state index >= 15 is 0 Å². The molecule has 1 fully saturated rings. The van der Waals surface area contributed by atoms with Gasteiger partial charge in [-0.15, -0.1) is 0 Å². The Kier molecular flexibility index (Phi) is 4.54. The van der Waals surface area contributed by atoms with Crippen LogP contribution in [0.2, 0.25) is 5.02 Å². The van der Waals surface area contributed by atoms with Crippen molar-refractivity contribution < 1.29 is 9.90 Å². The Balaban J connectivity index is 1.95. The predicted molar refractivity (Wildman–Crippen MR) is 79.4 cm³/mol. The van der Waals surface area contributed by atoms with Gasteiger partial charge in [-0.25, -0.2) is 0 Å². The normalized spacial score (nSPS) is 19.3. The van der Waals surface area contributed by atoms with Crippen LogP contribution < -0.4 is 0 Å². The Morgan fingerprint density at radius 3 is 2.63 bits per heavy atom. The first-order valence-corrected chi connectivity index (χ1v) is 7.47. The summed E-state index contributed by atoms with van der Waals surface area (Å²) >= 11 is 9.45. The zero-order chi connectivity index (χ0) is 14.0. The highest BCUT2D eigenvalue weighted by Crippen LogP contribution is 2.32. The minimum atomic E-state index is -0.682. The highest BCUT2D eigenvalue weighted by atomic mass is 79.9. The van der Waals surface area contributed by atoms with Crippen LogP contribution in [-0.4, -0.2) is 29.1 Å². The maximum Gasteiger partial charge on any atom is 0.309 e. The second kappa shape index (κ2) is 5.81. The van der Waals surface area contributed by atoms with E-state index in [2.05, 4.69) is 20.8 Å². The maximum absolute atomic E-state index is 11.2. The molecule has 1 aliphatic heterocycles. The van der Waals surface area contributed by atoms with E-state index in [-0.39, 0.29) is 0 Å². The molecule has 5 heteroatoms. The van der Waals surface area contributed by atoms with Crippen LogP contribution in [0.5, 0.6) is 0 Å². The molecular formula is C14H17BrClNO2. The Labute approximate surface area is 126 Å². The Morgan fingerprint density at radius 2 is 2.11 bits per heavy atom. The van der Waals surface area contributed by atoms with Crippen LogP contribution in [0, 0.1) is 5.41 Å². The second-order valence-corrected chi connectivity index (χ2v) is 6.65. The fourth-order valence-electron chi connectivity index (χ4n) is 2.31. The van der Waals surface area contributed by atoms with Crippen molar-refractivity contribution in [2.24, 2.45) is 5.41 Å². The number of hydrogen-bond acceptors (Lipinski definition) is 2. The van der Waals surface area contributed by atoms with Gasteiger partial charge in [0.05, 0.1) is 10.4 Å². The molecule has 0 radical (unpaired) electrons. The Bertz CT molecular complexity index is 484. The molecule has 0 amide bonds. The molecule has 0 bridgehead atoms. The molecule has 104 valence electrons. The van der Waals surface area contributed by atoms with Crippen molar-refractivity contribution in [1.82, 2.24) is 4.90 Å². The lowest BCUT2D eigenvalue weighted by Gasteiger charge is -2.36. The summed E-state index contributed by atoms with van der Waals surface area (Å²) < 4.78 is 0.898. The standard InChI is InChI=1S/C14H17BrClNO2/c1-14(13(18)19)4-6-17(7-5-14)9-10-2-3-11(15)12(16)8-10/h2-3,8H,4-7,9H2,1H3,(H,18,19). The molecular weight excluding hydrogens is 330 g/mol. The largest absolute Gasteiger partial charge is 0.481 e. The van der Waals surface area contributed by atoms with Crippen molar-refractivity contribution in [3.8, 4) is 0 Å². The lowest BCUT2D eigenvalue weighted by atomic mass is 9.80. The summed E-state index contributed by atoms with van der Waals surface area (Å²) in [5.74, 6) is -0.682. The number of likely N-dealkylation sites (tertiary alicyclic amines) is 1. The number of carboxylic acids is 1. The zero-order valence-corrected chi connectivity index (χ0v) is 13.2.